The molecular weight excluding hydrogens is 290 g/mol. The number of nitrogens with zero attached hydrogens (tertiary/aromatic N) is 2. The van der Waals surface area contributed by atoms with Crippen LogP contribution in [0.1, 0.15) is 47.3 Å². The molecule has 1 N–H and O–H groups in total. The Kier molecular flexibility index (Phi) is 4.55. The second kappa shape index (κ2) is 6.77. The second-order valence-corrected chi connectivity index (χ2v) is 6.15. The maximum Gasteiger partial charge on any atom is 0.271 e. The lowest BCUT2D eigenvalue weighted by molar-refractivity contribution is 0.0930. The van der Waals surface area contributed by atoms with Crippen molar-refractivity contribution in [2.24, 2.45) is 0 Å². The van der Waals surface area contributed by atoms with Gasteiger partial charge < -0.3 is 5.32 Å². The topological polar surface area (TPSA) is 64.0 Å². The van der Waals surface area contributed by atoms with Crippen LogP contribution in [0.4, 0.5) is 0 Å². The van der Waals surface area contributed by atoms with Gasteiger partial charge in [-0.25, -0.2) is 4.68 Å². The molecule has 1 amide bonds. The molecule has 1 aliphatic rings. The minimum Gasteiger partial charge on any atom is -0.348 e. The van der Waals surface area contributed by atoms with Gasteiger partial charge in [0.05, 0.1) is 6.54 Å². The molecule has 3 rings (SSSR count). The van der Waals surface area contributed by atoms with Crippen molar-refractivity contribution in [2.45, 2.75) is 45.2 Å². The SMILES string of the molecule is Cc1ccc(Cn2nc(C(=O)NC3CCCC3)ccc2=O)cc1. The van der Waals surface area contributed by atoms with E-state index in [1.165, 1.54) is 22.4 Å². The van der Waals surface area contributed by atoms with E-state index in [0.717, 1.165) is 31.2 Å². The average Bonchev–Trinajstić information content (AvgIpc) is 3.04. The molecule has 120 valence electrons. The van der Waals surface area contributed by atoms with Crippen LogP contribution in [0, 0.1) is 6.92 Å². The highest BCUT2D eigenvalue weighted by Gasteiger charge is 2.19. The molecule has 0 atom stereocenters. The Morgan fingerprint density at radius 3 is 2.57 bits per heavy atom. The Bertz CT molecular complexity index is 744. The zero-order valence-electron chi connectivity index (χ0n) is 13.3. The summed E-state index contributed by atoms with van der Waals surface area (Å²) in [5.74, 6) is -0.199. The summed E-state index contributed by atoms with van der Waals surface area (Å²) in [7, 11) is 0. The Morgan fingerprint density at radius 2 is 1.87 bits per heavy atom. The number of hydrogen-bond acceptors (Lipinski definition) is 3. The molecule has 0 saturated heterocycles. The highest BCUT2D eigenvalue weighted by molar-refractivity contribution is 5.92. The first-order chi connectivity index (χ1) is 11.1. The van der Waals surface area contributed by atoms with Crippen molar-refractivity contribution in [1.29, 1.82) is 0 Å². The highest BCUT2D eigenvalue weighted by Crippen LogP contribution is 2.17. The fourth-order valence-electron chi connectivity index (χ4n) is 2.88. The Balaban J connectivity index is 1.76. The number of hydrogen-bond donors (Lipinski definition) is 1. The molecule has 1 saturated carbocycles. The maximum absolute atomic E-state index is 12.3. The smallest absolute Gasteiger partial charge is 0.271 e. The molecule has 2 aromatic rings. The number of aromatic nitrogens is 2. The third kappa shape index (κ3) is 3.86. The normalized spacial score (nSPS) is 14.8. The molecule has 23 heavy (non-hydrogen) atoms. The predicted molar refractivity (Wildman–Crippen MR) is 88.5 cm³/mol. The summed E-state index contributed by atoms with van der Waals surface area (Å²) in [4.78, 5) is 24.3. The van der Waals surface area contributed by atoms with Gasteiger partial charge in [-0.05, 0) is 31.4 Å². The van der Waals surface area contributed by atoms with E-state index in [1.807, 2.05) is 31.2 Å². The molecule has 1 aromatic heterocycles. The van der Waals surface area contributed by atoms with E-state index in [0.29, 0.717) is 12.2 Å². The van der Waals surface area contributed by atoms with Crippen molar-refractivity contribution in [2.75, 3.05) is 0 Å². The lowest BCUT2D eigenvalue weighted by Gasteiger charge is -2.12. The highest BCUT2D eigenvalue weighted by atomic mass is 16.2. The third-order valence-electron chi connectivity index (χ3n) is 4.24. The molecule has 1 aliphatic carbocycles. The molecule has 0 aliphatic heterocycles. The molecule has 1 aromatic carbocycles. The minimum atomic E-state index is -0.206. The molecule has 0 unspecified atom stereocenters. The summed E-state index contributed by atoms with van der Waals surface area (Å²) >= 11 is 0. The van der Waals surface area contributed by atoms with Crippen molar-refractivity contribution < 1.29 is 4.79 Å². The summed E-state index contributed by atoms with van der Waals surface area (Å²) in [6, 6.07) is 11.1. The van der Waals surface area contributed by atoms with E-state index in [2.05, 4.69) is 10.4 Å². The van der Waals surface area contributed by atoms with E-state index in [9.17, 15) is 9.59 Å². The monoisotopic (exact) mass is 311 g/mol. The lowest BCUT2D eigenvalue weighted by Crippen LogP contribution is -2.35. The standard InChI is InChI=1S/C18H21N3O2/c1-13-6-8-14(9-7-13)12-21-17(22)11-10-16(20-21)18(23)19-15-4-2-3-5-15/h6-11,15H,2-5,12H2,1H3,(H,19,23). The van der Waals surface area contributed by atoms with E-state index in [4.69, 9.17) is 0 Å². The van der Waals surface area contributed by atoms with Crippen LogP contribution in [-0.4, -0.2) is 21.7 Å². The summed E-state index contributed by atoms with van der Waals surface area (Å²) in [5, 5.41) is 7.22. The van der Waals surface area contributed by atoms with Gasteiger partial charge in [0.25, 0.3) is 11.5 Å². The zero-order chi connectivity index (χ0) is 16.2. The lowest BCUT2D eigenvalue weighted by atomic mass is 10.1. The first kappa shape index (κ1) is 15.5. The Morgan fingerprint density at radius 1 is 1.17 bits per heavy atom. The van der Waals surface area contributed by atoms with Crippen LogP contribution in [0.2, 0.25) is 0 Å². The van der Waals surface area contributed by atoms with Crippen LogP contribution in [0.3, 0.4) is 0 Å². The van der Waals surface area contributed by atoms with Crippen molar-refractivity contribution in [3.05, 3.63) is 63.6 Å². The quantitative estimate of drug-likeness (QED) is 0.942. The molecule has 1 fully saturated rings. The van der Waals surface area contributed by atoms with Gasteiger partial charge in [0, 0.05) is 12.1 Å². The molecule has 0 bridgehead atoms. The van der Waals surface area contributed by atoms with Gasteiger partial charge in [-0.15, -0.1) is 0 Å². The largest absolute Gasteiger partial charge is 0.348 e. The van der Waals surface area contributed by atoms with Gasteiger partial charge in [0.1, 0.15) is 5.69 Å². The van der Waals surface area contributed by atoms with Gasteiger partial charge in [-0.2, -0.15) is 5.10 Å². The zero-order valence-corrected chi connectivity index (χ0v) is 13.3. The summed E-state index contributed by atoms with van der Waals surface area (Å²) in [5.41, 5.74) is 2.24. The third-order valence-corrected chi connectivity index (χ3v) is 4.24. The first-order valence-corrected chi connectivity index (χ1v) is 8.06. The van der Waals surface area contributed by atoms with E-state index in [1.54, 1.807) is 0 Å². The molecule has 0 radical (unpaired) electrons. The van der Waals surface area contributed by atoms with Crippen molar-refractivity contribution in [1.82, 2.24) is 15.1 Å². The summed E-state index contributed by atoms with van der Waals surface area (Å²) in [6.45, 7) is 2.38. The van der Waals surface area contributed by atoms with Crippen LogP contribution in [0.15, 0.2) is 41.2 Å². The number of nitrogens with one attached hydrogen (secondary N) is 1. The van der Waals surface area contributed by atoms with Crippen molar-refractivity contribution in [3.8, 4) is 0 Å². The van der Waals surface area contributed by atoms with E-state index in [-0.39, 0.29) is 17.5 Å². The van der Waals surface area contributed by atoms with Gasteiger partial charge in [0.15, 0.2) is 0 Å². The number of carbonyl (C=O) groups excluding carboxylic acids is 1. The first-order valence-electron chi connectivity index (χ1n) is 8.06. The fourth-order valence-corrected chi connectivity index (χ4v) is 2.88. The average molecular weight is 311 g/mol. The van der Waals surface area contributed by atoms with Crippen molar-refractivity contribution in [3.63, 3.8) is 0 Å². The van der Waals surface area contributed by atoms with Gasteiger partial charge in [0.2, 0.25) is 0 Å². The van der Waals surface area contributed by atoms with Gasteiger partial charge in [-0.1, -0.05) is 42.7 Å². The number of aryl methyl sites for hydroxylation is 1. The second-order valence-electron chi connectivity index (χ2n) is 6.15. The molecular formula is C18H21N3O2. The summed E-state index contributed by atoms with van der Waals surface area (Å²) in [6.07, 6.45) is 4.36. The van der Waals surface area contributed by atoms with E-state index >= 15 is 0 Å². The Labute approximate surface area is 135 Å². The van der Waals surface area contributed by atoms with Crippen molar-refractivity contribution >= 4 is 5.91 Å². The summed E-state index contributed by atoms with van der Waals surface area (Å²) < 4.78 is 1.34. The van der Waals surface area contributed by atoms with Gasteiger partial charge >= 0.3 is 0 Å². The van der Waals surface area contributed by atoms with E-state index < -0.39 is 0 Å². The van der Waals surface area contributed by atoms with Crippen LogP contribution in [0.5, 0.6) is 0 Å². The molecule has 5 nitrogen and oxygen atoms in total. The predicted octanol–water partition coefficient (Wildman–Crippen LogP) is 2.27. The van der Waals surface area contributed by atoms with Crippen LogP contribution < -0.4 is 10.9 Å². The maximum atomic E-state index is 12.3. The van der Waals surface area contributed by atoms with Gasteiger partial charge in [-0.3, -0.25) is 9.59 Å². The van der Waals surface area contributed by atoms with Crippen LogP contribution >= 0.6 is 0 Å². The van der Waals surface area contributed by atoms with Crippen LogP contribution in [0.25, 0.3) is 0 Å². The minimum absolute atomic E-state index is 0.199. The number of amides is 1. The van der Waals surface area contributed by atoms with Crippen LogP contribution in [-0.2, 0) is 6.54 Å². The molecule has 1 heterocycles. The fraction of sp³-hybridized carbons (Fsp3) is 0.389. The number of carbonyl (C=O) groups is 1. The number of benzene rings is 1. The number of rotatable bonds is 4. The molecule has 0 spiro atoms. The Hall–Kier alpha value is -2.43. The molecule has 5 heteroatoms.